The van der Waals surface area contributed by atoms with Gasteiger partial charge in [-0.2, -0.15) is 0 Å². The van der Waals surface area contributed by atoms with Gasteiger partial charge in [0.05, 0.1) is 0 Å². The van der Waals surface area contributed by atoms with Gasteiger partial charge >= 0.3 is 0 Å². The van der Waals surface area contributed by atoms with Crippen LogP contribution in [0.2, 0.25) is 5.02 Å². The molecule has 0 saturated heterocycles. The zero-order valence-electron chi connectivity index (χ0n) is 11.4. The number of hydrogen-bond donors (Lipinski definition) is 1. The summed E-state index contributed by atoms with van der Waals surface area (Å²) in [6.07, 6.45) is 2.16. The van der Waals surface area contributed by atoms with Crippen molar-refractivity contribution in [3.63, 3.8) is 0 Å². The third kappa shape index (κ3) is 3.08. The van der Waals surface area contributed by atoms with Gasteiger partial charge in [0.25, 0.3) is 0 Å². The first-order valence-corrected chi connectivity index (χ1v) is 8.08. The Hall–Kier alpha value is -0.830. The summed E-state index contributed by atoms with van der Waals surface area (Å²) >= 11 is 9.54. The van der Waals surface area contributed by atoms with Crippen molar-refractivity contribution in [2.75, 3.05) is 0 Å². The molecule has 20 heavy (non-hydrogen) atoms. The van der Waals surface area contributed by atoms with Gasteiger partial charge in [-0.25, -0.2) is 0 Å². The van der Waals surface area contributed by atoms with E-state index in [4.69, 9.17) is 11.6 Å². The fraction of sp³-hybridized carbons (Fsp3) is 0.294. The minimum atomic E-state index is 0.359. The van der Waals surface area contributed by atoms with Crippen LogP contribution in [0.15, 0.2) is 46.9 Å². The smallest absolute Gasteiger partial charge is 0.0408 e. The molecule has 1 unspecified atom stereocenters. The first kappa shape index (κ1) is 14.1. The van der Waals surface area contributed by atoms with Crippen molar-refractivity contribution in [3.05, 3.63) is 68.7 Å². The Kier molecular flexibility index (Phi) is 4.16. The van der Waals surface area contributed by atoms with Gasteiger partial charge in [-0.3, -0.25) is 0 Å². The monoisotopic (exact) mass is 349 g/mol. The molecule has 0 spiro atoms. The van der Waals surface area contributed by atoms with E-state index in [1.54, 1.807) is 0 Å². The number of rotatable bonds is 3. The summed E-state index contributed by atoms with van der Waals surface area (Å²) in [6.45, 7) is 2.22. The van der Waals surface area contributed by atoms with Crippen LogP contribution in [0.25, 0.3) is 0 Å². The second-order valence-corrected chi connectivity index (χ2v) is 6.81. The first-order valence-electron chi connectivity index (χ1n) is 6.90. The lowest BCUT2D eigenvalue weighted by atomic mass is 10.1. The lowest BCUT2D eigenvalue weighted by molar-refractivity contribution is 0.467. The van der Waals surface area contributed by atoms with E-state index in [9.17, 15) is 0 Å². The van der Waals surface area contributed by atoms with Gasteiger partial charge < -0.3 is 5.32 Å². The third-order valence-electron chi connectivity index (χ3n) is 3.96. The molecule has 0 saturated carbocycles. The molecule has 1 N–H and O–H groups in total. The van der Waals surface area contributed by atoms with Crippen LogP contribution in [-0.4, -0.2) is 6.04 Å². The summed E-state index contributed by atoms with van der Waals surface area (Å²) in [5, 5.41) is 4.56. The van der Waals surface area contributed by atoms with Crippen molar-refractivity contribution >= 4 is 27.5 Å². The van der Waals surface area contributed by atoms with Crippen molar-refractivity contribution in [1.29, 1.82) is 0 Å². The molecule has 2 atom stereocenters. The minimum Gasteiger partial charge on any atom is -0.307 e. The van der Waals surface area contributed by atoms with Crippen LogP contribution in [0.1, 0.15) is 29.7 Å². The summed E-state index contributed by atoms with van der Waals surface area (Å²) in [5.41, 5.74) is 4.13. The molecule has 3 heteroatoms. The Balaban J connectivity index is 1.67. The molecule has 2 aromatic rings. The van der Waals surface area contributed by atoms with E-state index in [-0.39, 0.29) is 0 Å². The maximum absolute atomic E-state index is 6.06. The predicted molar refractivity (Wildman–Crippen MR) is 88.3 cm³/mol. The summed E-state index contributed by atoms with van der Waals surface area (Å²) < 4.78 is 1.12. The quantitative estimate of drug-likeness (QED) is 0.828. The van der Waals surface area contributed by atoms with Crippen LogP contribution in [0, 0.1) is 0 Å². The van der Waals surface area contributed by atoms with Crippen molar-refractivity contribution in [1.82, 2.24) is 5.32 Å². The summed E-state index contributed by atoms with van der Waals surface area (Å²) in [5.74, 6) is 0. The number of hydrogen-bond acceptors (Lipinski definition) is 1. The van der Waals surface area contributed by atoms with E-state index in [1.807, 2.05) is 6.07 Å². The van der Waals surface area contributed by atoms with Crippen LogP contribution in [0.5, 0.6) is 0 Å². The van der Waals surface area contributed by atoms with Crippen LogP contribution >= 0.6 is 27.5 Å². The highest BCUT2D eigenvalue weighted by atomic mass is 79.9. The van der Waals surface area contributed by atoms with E-state index in [1.165, 1.54) is 16.7 Å². The SMILES string of the molecule is C[C@@H](NC1Cc2ccc(Cl)cc2C1)c1ccc(Br)cc1. The summed E-state index contributed by atoms with van der Waals surface area (Å²) in [6, 6.07) is 15.6. The van der Waals surface area contributed by atoms with Crippen molar-refractivity contribution in [2.24, 2.45) is 0 Å². The van der Waals surface area contributed by atoms with Crippen LogP contribution in [-0.2, 0) is 12.8 Å². The van der Waals surface area contributed by atoms with Gasteiger partial charge in [-0.15, -0.1) is 0 Å². The van der Waals surface area contributed by atoms with Crippen molar-refractivity contribution < 1.29 is 0 Å². The molecule has 2 aromatic carbocycles. The zero-order chi connectivity index (χ0) is 14.1. The number of nitrogens with one attached hydrogen (secondary N) is 1. The molecule has 3 rings (SSSR count). The largest absolute Gasteiger partial charge is 0.307 e. The molecule has 1 nitrogen and oxygen atoms in total. The van der Waals surface area contributed by atoms with Crippen LogP contribution in [0.4, 0.5) is 0 Å². The molecule has 104 valence electrons. The lowest BCUT2D eigenvalue weighted by Crippen LogP contribution is -2.32. The minimum absolute atomic E-state index is 0.359. The van der Waals surface area contributed by atoms with Crippen molar-refractivity contribution in [3.8, 4) is 0 Å². The standard InChI is InChI=1S/C17H17BrClN/c1-11(12-2-5-15(18)6-3-12)20-17-9-13-4-7-16(19)8-14(13)10-17/h2-8,11,17,20H,9-10H2,1H3/t11-,17?/m1/s1. The molecule has 0 aliphatic heterocycles. The Morgan fingerprint density at radius 3 is 2.55 bits per heavy atom. The average molecular weight is 351 g/mol. The van der Waals surface area contributed by atoms with Gasteiger partial charge in [-0.1, -0.05) is 45.7 Å². The second-order valence-electron chi connectivity index (χ2n) is 5.46. The number of halogens is 2. The highest BCUT2D eigenvalue weighted by Gasteiger charge is 2.22. The van der Waals surface area contributed by atoms with E-state index in [0.29, 0.717) is 12.1 Å². The molecule has 0 radical (unpaired) electrons. The van der Waals surface area contributed by atoms with Crippen molar-refractivity contribution in [2.45, 2.75) is 31.8 Å². The van der Waals surface area contributed by atoms with E-state index < -0.39 is 0 Å². The van der Waals surface area contributed by atoms with Gasteiger partial charge in [0.15, 0.2) is 0 Å². The lowest BCUT2D eigenvalue weighted by Gasteiger charge is -2.19. The Morgan fingerprint density at radius 1 is 1.10 bits per heavy atom. The highest BCUT2D eigenvalue weighted by Crippen LogP contribution is 2.27. The molecule has 0 fully saturated rings. The second kappa shape index (κ2) is 5.88. The fourth-order valence-corrected chi connectivity index (χ4v) is 3.36. The van der Waals surface area contributed by atoms with E-state index in [2.05, 4.69) is 64.6 Å². The van der Waals surface area contributed by atoms with Crippen LogP contribution in [0.3, 0.4) is 0 Å². The topological polar surface area (TPSA) is 12.0 Å². The molecule has 0 amide bonds. The molecular weight excluding hydrogens is 334 g/mol. The fourth-order valence-electron chi connectivity index (χ4n) is 2.91. The molecule has 0 heterocycles. The molecular formula is C17H17BrClN. The molecule has 1 aliphatic carbocycles. The maximum atomic E-state index is 6.06. The molecule has 0 bridgehead atoms. The third-order valence-corrected chi connectivity index (χ3v) is 4.72. The average Bonchev–Trinajstić information content (AvgIpc) is 2.80. The van der Waals surface area contributed by atoms with E-state index >= 15 is 0 Å². The number of fused-ring (bicyclic) bond motifs is 1. The summed E-state index contributed by atoms with van der Waals surface area (Å²) in [4.78, 5) is 0. The maximum Gasteiger partial charge on any atom is 0.0408 e. The van der Waals surface area contributed by atoms with Crippen LogP contribution < -0.4 is 5.32 Å². The molecule has 0 aromatic heterocycles. The van der Waals surface area contributed by atoms with Gasteiger partial charge in [0, 0.05) is 21.6 Å². The normalized spacial score (nSPS) is 18.9. The van der Waals surface area contributed by atoms with Gasteiger partial charge in [0.2, 0.25) is 0 Å². The Morgan fingerprint density at radius 2 is 1.80 bits per heavy atom. The number of benzene rings is 2. The van der Waals surface area contributed by atoms with E-state index in [0.717, 1.165) is 22.3 Å². The summed E-state index contributed by atoms with van der Waals surface area (Å²) in [7, 11) is 0. The Bertz CT molecular complexity index is 609. The zero-order valence-corrected chi connectivity index (χ0v) is 13.7. The highest BCUT2D eigenvalue weighted by molar-refractivity contribution is 9.10. The van der Waals surface area contributed by atoms with Gasteiger partial charge in [-0.05, 0) is 60.7 Å². The first-order chi connectivity index (χ1) is 9.61. The Labute approximate surface area is 133 Å². The predicted octanol–water partition coefficient (Wildman–Crippen LogP) is 4.92. The molecule has 1 aliphatic rings. The van der Waals surface area contributed by atoms with Gasteiger partial charge in [0.1, 0.15) is 0 Å².